The zero-order chi connectivity index (χ0) is 13.2. The second-order valence-electron chi connectivity index (χ2n) is 5.60. The first-order valence-electron chi connectivity index (χ1n) is 7.05. The lowest BCUT2D eigenvalue weighted by molar-refractivity contribution is -0.117. The maximum Gasteiger partial charge on any atom is 0.241 e. The highest BCUT2D eigenvalue weighted by Gasteiger charge is 2.38. The number of amides is 1. The molecule has 1 amide bonds. The Labute approximate surface area is 134 Å². The summed E-state index contributed by atoms with van der Waals surface area (Å²) in [6.45, 7) is 0. The predicted octanol–water partition coefficient (Wildman–Crippen LogP) is 3.73. The van der Waals surface area contributed by atoms with Gasteiger partial charge in [0.1, 0.15) is 0 Å². The van der Waals surface area contributed by atoms with Gasteiger partial charge in [-0.3, -0.25) is 4.79 Å². The second kappa shape index (κ2) is 6.92. The molecule has 110 valence electrons. The number of rotatable bonds is 2. The van der Waals surface area contributed by atoms with Gasteiger partial charge in [-0.25, -0.2) is 0 Å². The van der Waals surface area contributed by atoms with Crippen LogP contribution in [-0.4, -0.2) is 18.0 Å². The van der Waals surface area contributed by atoms with Crippen LogP contribution in [-0.2, 0) is 4.79 Å². The van der Waals surface area contributed by atoms with Crippen LogP contribution in [0.15, 0.2) is 28.7 Å². The molecule has 1 saturated carbocycles. The minimum absolute atomic E-state index is 0. The lowest BCUT2D eigenvalue weighted by Gasteiger charge is -2.24. The summed E-state index contributed by atoms with van der Waals surface area (Å²) in [7, 11) is 0. The Morgan fingerprint density at radius 1 is 1.20 bits per heavy atom. The molecular weight excluding hydrogens is 340 g/mol. The Kier molecular flexibility index (Phi) is 5.47. The molecule has 0 bridgehead atoms. The van der Waals surface area contributed by atoms with Crippen molar-refractivity contribution in [3.05, 3.63) is 28.7 Å². The average Bonchev–Trinajstić information content (AvgIpc) is 2.85. The van der Waals surface area contributed by atoms with E-state index in [4.69, 9.17) is 0 Å². The van der Waals surface area contributed by atoms with E-state index in [0.29, 0.717) is 12.0 Å². The molecule has 1 aromatic rings. The van der Waals surface area contributed by atoms with E-state index >= 15 is 0 Å². The largest absolute Gasteiger partial charge is 0.325 e. The topological polar surface area (TPSA) is 41.1 Å². The number of hydrogen-bond donors (Lipinski definition) is 2. The van der Waals surface area contributed by atoms with Crippen molar-refractivity contribution < 1.29 is 4.79 Å². The lowest BCUT2D eigenvalue weighted by Crippen LogP contribution is -2.39. The van der Waals surface area contributed by atoms with Gasteiger partial charge in [-0.15, -0.1) is 12.4 Å². The molecule has 2 fully saturated rings. The molecule has 3 unspecified atom stereocenters. The molecule has 1 aromatic carbocycles. The van der Waals surface area contributed by atoms with Crippen LogP contribution >= 0.6 is 28.3 Å². The Balaban J connectivity index is 0.00000147. The fourth-order valence-electron chi connectivity index (χ4n) is 3.28. The molecule has 1 saturated heterocycles. The highest BCUT2D eigenvalue weighted by atomic mass is 79.9. The van der Waals surface area contributed by atoms with E-state index in [-0.39, 0.29) is 24.4 Å². The van der Waals surface area contributed by atoms with E-state index in [0.717, 1.165) is 16.6 Å². The van der Waals surface area contributed by atoms with E-state index in [1.165, 1.54) is 25.7 Å². The van der Waals surface area contributed by atoms with Crippen LogP contribution in [0.5, 0.6) is 0 Å². The number of halogens is 2. The molecule has 2 aliphatic rings. The Hall–Kier alpha value is -0.580. The van der Waals surface area contributed by atoms with Crippen molar-refractivity contribution in [1.82, 2.24) is 5.32 Å². The first-order valence-corrected chi connectivity index (χ1v) is 7.84. The summed E-state index contributed by atoms with van der Waals surface area (Å²) in [5, 5.41) is 6.50. The van der Waals surface area contributed by atoms with Gasteiger partial charge >= 0.3 is 0 Å². The van der Waals surface area contributed by atoms with Crippen molar-refractivity contribution in [3.8, 4) is 0 Å². The van der Waals surface area contributed by atoms with Crippen molar-refractivity contribution in [2.45, 2.75) is 44.2 Å². The van der Waals surface area contributed by atoms with Crippen LogP contribution in [0.1, 0.15) is 32.1 Å². The number of carbonyl (C=O) groups is 1. The van der Waals surface area contributed by atoms with Crippen LogP contribution in [0.2, 0.25) is 0 Å². The van der Waals surface area contributed by atoms with Gasteiger partial charge in [0.2, 0.25) is 5.91 Å². The number of fused-ring (bicyclic) bond motifs is 1. The van der Waals surface area contributed by atoms with Gasteiger partial charge in [0.05, 0.1) is 6.04 Å². The highest BCUT2D eigenvalue weighted by Crippen LogP contribution is 2.33. The predicted molar refractivity (Wildman–Crippen MR) is 87.3 cm³/mol. The van der Waals surface area contributed by atoms with E-state index in [1.54, 1.807) is 0 Å². The summed E-state index contributed by atoms with van der Waals surface area (Å²) < 4.78 is 1.02. The quantitative estimate of drug-likeness (QED) is 0.845. The van der Waals surface area contributed by atoms with E-state index in [9.17, 15) is 4.79 Å². The average molecular weight is 360 g/mol. The van der Waals surface area contributed by atoms with Crippen molar-refractivity contribution in [3.63, 3.8) is 0 Å². The minimum Gasteiger partial charge on any atom is -0.325 e. The van der Waals surface area contributed by atoms with Gasteiger partial charge in [-0.1, -0.05) is 28.8 Å². The number of nitrogens with one attached hydrogen (secondary N) is 2. The monoisotopic (exact) mass is 358 g/mol. The normalized spacial score (nSPS) is 28.4. The van der Waals surface area contributed by atoms with E-state index < -0.39 is 0 Å². The highest BCUT2D eigenvalue weighted by molar-refractivity contribution is 9.10. The van der Waals surface area contributed by atoms with Crippen LogP contribution < -0.4 is 10.6 Å². The van der Waals surface area contributed by atoms with Gasteiger partial charge < -0.3 is 10.6 Å². The third-order valence-electron chi connectivity index (χ3n) is 4.29. The van der Waals surface area contributed by atoms with Crippen LogP contribution in [0.25, 0.3) is 0 Å². The van der Waals surface area contributed by atoms with E-state index in [1.807, 2.05) is 24.3 Å². The summed E-state index contributed by atoms with van der Waals surface area (Å²) in [4.78, 5) is 12.3. The summed E-state index contributed by atoms with van der Waals surface area (Å²) in [6, 6.07) is 8.27. The standard InChI is InChI=1S/C15H19BrN2O.ClH/c16-11-5-7-12(8-6-11)17-15(19)14-9-10-3-1-2-4-13(10)18-14;/h5-8,10,13-14,18H,1-4,9H2,(H,17,19);1H. The van der Waals surface area contributed by atoms with Crippen LogP contribution in [0.3, 0.4) is 0 Å². The number of benzene rings is 1. The summed E-state index contributed by atoms with van der Waals surface area (Å²) in [5.41, 5.74) is 0.866. The molecule has 5 heteroatoms. The number of hydrogen-bond acceptors (Lipinski definition) is 2. The zero-order valence-electron chi connectivity index (χ0n) is 11.3. The Bertz CT molecular complexity index is 451. The van der Waals surface area contributed by atoms with Crippen LogP contribution in [0, 0.1) is 5.92 Å². The van der Waals surface area contributed by atoms with Gasteiger partial charge in [-0.2, -0.15) is 0 Å². The molecule has 0 spiro atoms. The van der Waals surface area contributed by atoms with Crippen molar-refractivity contribution in [1.29, 1.82) is 0 Å². The lowest BCUT2D eigenvalue weighted by atomic mass is 9.85. The number of anilines is 1. The fourth-order valence-corrected chi connectivity index (χ4v) is 3.55. The molecular formula is C15H20BrClN2O. The molecule has 0 aromatic heterocycles. The minimum atomic E-state index is -0.0169. The third kappa shape index (κ3) is 3.54. The van der Waals surface area contributed by atoms with Gasteiger partial charge in [-0.05, 0) is 49.4 Å². The maximum atomic E-state index is 12.3. The van der Waals surface area contributed by atoms with Crippen LogP contribution in [0.4, 0.5) is 5.69 Å². The Morgan fingerprint density at radius 3 is 2.60 bits per heavy atom. The molecule has 0 radical (unpaired) electrons. The second-order valence-corrected chi connectivity index (χ2v) is 6.52. The summed E-state index contributed by atoms with van der Waals surface area (Å²) in [5.74, 6) is 0.811. The summed E-state index contributed by atoms with van der Waals surface area (Å²) >= 11 is 3.39. The molecule has 3 rings (SSSR count). The first kappa shape index (κ1) is 15.8. The summed E-state index contributed by atoms with van der Waals surface area (Å²) in [6.07, 6.45) is 6.12. The molecule has 1 aliphatic heterocycles. The smallest absolute Gasteiger partial charge is 0.241 e. The maximum absolute atomic E-state index is 12.3. The molecule has 1 heterocycles. The fraction of sp³-hybridized carbons (Fsp3) is 0.533. The van der Waals surface area contributed by atoms with Gasteiger partial charge in [0.15, 0.2) is 0 Å². The third-order valence-corrected chi connectivity index (χ3v) is 4.82. The zero-order valence-corrected chi connectivity index (χ0v) is 13.7. The Morgan fingerprint density at radius 2 is 1.90 bits per heavy atom. The van der Waals surface area contributed by atoms with Crippen molar-refractivity contribution >= 4 is 39.9 Å². The van der Waals surface area contributed by atoms with E-state index in [2.05, 4.69) is 26.6 Å². The number of carbonyl (C=O) groups excluding carboxylic acids is 1. The van der Waals surface area contributed by atoms with Crippen molar-refractivity contribution in [2.24, 2.45) is 5.92 Å². The SMILES string of the molecule is Cl.O=C(Nc1ccc(Br)cc1)C1CC2CCCCC2N1. The molecule has 20 heavy (non-hydrogen) atoms. The molecule has 2 N–H and O–H groups in total. The van der Waals surface area contributed by atoms with Gasteiger partial charge in [0, 0.05) is 16.2 Å². The van der Waals surface area contributed by atoms with Crippen molar-refractivity contribution in [2.75, 3.05) is 5.32 Å². The molecule has 1 aliphatic carbocycles. The molecule has 3 atom stereocenters. The first-order chi connectivity index (χ1) is 9.22. The van der Waals surface area contributed by atoms with Gasteiger partial charge in [0.25, 0.3) is 0 Å². The molecule has 3 nitrogen and oxygen atoms in total.